The van der Waals surface area contributed by atoms with Crippen LogP contribution in [0.3, 0.4) is 0 Å². The number of amides is 2. The van der Waals surface area contributed by atoms with Gasteiger partial charge in [-0.1, -0.05) is 59.1 Å². The fraction of sp³-hybridized carbons (Fsp3) is 0.355. The molecule has 0 bridgehead atoms. The molecule has 0 aliphatic heterocycles. The van der Waals surface area contributed by atoms with E-state index in [-0.39, 0.29) is 17.3 Å². The molecule has 7 nitrogen and oxygen atoms in total. The maximum Gasteiger partial charge on any atom is 0.264 e. The summed E-state index contributed by atoms with van der Waals surface area (Å²) < 4.78 is 29.2. The number of carbonyl (C=O) groups excluding carboxylic acids is 2. The van der Waals surface area contributed by atoms with Crippen LogP contribution in [-0.2, 0) is 26.2 Å². The van der Waals surface area contributed by atoms with E-state index in [4.69, 9.17) is 23.2 Å². The van der Waals surface area contributed by atoms with Crippen molar-refractivity contribution < 1.29 is 18.0 Å². The van der Waals surface area contributed by atoms with Gasteiger partial charge in [0.2, 0.25) is 11.8 Å². The number of nitrogens with zero attached hydrogens (tertiary/aromatic N) is 2. The Balaban J connectivity index is 2.10. The molecule has 0 fully saturated rings. The highest BCUT2D eigenvalue weighted by atomic mass is 35.5. The maximum atomic E-state index is 14.1. The average Bonchev–Trinajstić information content (AvgIpc) is 2.88. The van der Waals surface area contributed by atoms with Crippen LogP contribution in [0.4, 0.5) is 5.69 Å². The molecule has 0 aliphatic rings. The number of halogens is 2. The van der Waals surface area contributed by atoms with Gasteiger partial charge in [-0.15, -0.1) is 0 Å². The third kappa shape index (κ3) is 8.03. The highest BCUT2D eigenvalue weighted by molar-refractivity contribution is 7.92. The van der Waals surface area contributed by atoms with Crippen LogP contribution in [0.15, 0.2) is 65.6 Å². The third-order valence-electron chi connectivity index (χ3n) is 6.74. The van der Waals surface area contributed by atoms with Crippen LogP contribution in [0, 0.1) is 20.8 Å². The van der Waals surface area contributed by atoms with Crippen molar-refractivity contribution in [1.82, 2.24) is 10.2 Å². The fourth-order valence-electron chi connectivity index (χ4n) is 4.25. The van der Waals surface area contributed by atoms with Gasteiger partial charge in [0.1, 0.15) is 12.6 Å². The topological polar surface area (TPSA) is 86.8 Å². The first kappa shape index (κ1) is 32.4. The van der Waals surface area contributed by atoms with Crippen molar-refractivity contribution in [3.8, 4) is 0 Å². The van der Waals surface area contributed by atoms with Crippen molar-refractivity contribution >= 4 is 50.7 Å². The Bertz CT molecular complexity index is 1530. The number of hydrogen-bond donors (Lipinski definition) is 1. The monoisotopic (exact) mass is 617 g/mol. The van der Waals surface area contributed by atoms with Gasteiger partial charge in [-0.05, 0) is 95.5 Å². The summed E-state index contributed by atoms with van der Waals surface area (Å²) in [5.74, 6) is -0.921. The van der Waals surface area contributed by atoms with Crippen LogP contribution < -0.4 is 9.62 Å². The highest BCUT2D eigenvalue weighted by Gasteiger charge is 2.34. The number of aryl methyl sites for hydroxylation is 2. The van der Waals surface area contributed by atoms with E-state index in [1.807, 2.05) is 47.6 Å². The quantitative estimate of drug-likeness (QED) is 0.299. The first-order valence-electron chi connectivity index (χ1n) is 13.2. The summed E-state index contributed by atoms with van der Waals surface area (Å²) in [6.45, 7) is 12.2. The zero-order valence-electron chi connectivity index (χ0n) is 24.5. The molecule has 1 unspecified atom stereocenters. The zero-order chi connectivity index (χ0) is 30.7. The zero-order valence-corrected chi connectivity index (χ0v) is 26.8. The van der Waals surface area contributed by atoms with E-state index in [2.05, 4.69) is 5.32 Å². The van der Waals surface area contributed by atoms with E-state index in [0.717, 1.165) is 21.0 Å². The predicted octanol–water partition coefficient (Wildman–Crippen LogP) is 6.45. The predicted molar refractivity (Wildman–Crippen MR) is 166 cm³/mol. The molecule has 1 N–H and O–H groups in total. The molecule has 3 rings (SSSR count). The van der Waals surface area contributed by atoms with Gasteiger partial charge in [-0.25, -0.2) is 8.42 Å². The van der Waals surface area contributed by atoms with Gasteiger partial charge in [0, 0.05) is 12.1 Å². The minimum atomic E-state index is -4.15. The molecule has 2 amide bonds. The summed E-state index contributed by atoms with van der Waals surface area (Å²) in [6.07, 6.45) is 0. The minimum Gasteiger partial charge on any atom is -0.350 e. The number of nitrogens with one attached hydrogen (secondary N) is 1. The third-order valence-corrected chi connectivity index (χ3v) is 9.25. The second-order valence-corrected chi connectivity index (χ2v) is 13.9. The van der Waals surface area contributed by atoms with Gasteiger partial charge in [-0.3, -0.25) is 13.9 Å². The standard InChI is InChI=1S/C31H37Cl2N3O4S/c1-20-11-14-25(15-12-20)41(39,40)36(28-10-8-9-21(2)22(28)3)19-29(37)35(23(4)30(38)34-31(5,6)7)18-24-13-16-26(32)27(33)17-24/h8-17,23H,18-19H2,1-7H3,(H,34,38). The summed E-state index contributed by atoms with van der Waals surface area (Å²) in [7, 11) is -4.15. The van der Waals surface area contributed by atoms with E-state index in [9.17, 15) is 18.0 Å². The molecule has 0 radical (unpaired) electrons. The number of sulfonamides is 1. The average molecular weight is 619 g/mol. The van der Waals surface area contributed by atoms with E-state index in [1.165, 1.54) is 17.0 Å². The Morgan fingerprint density at radius 1 is 0.927 bits per heavy atom. The van der Waals surface area contributed by atoms with Crippen molar-refractivity contribution in [3.05, 3.63) is 93.0 Å². The van der Waals surface area contributed by atoms with Crippen LogP contribution in [-0.4, -0.2) is 43.3 Å². The Morgan fingerprint density at radius 3 is 2.15 bits per heavy atom. The second-order valence-electron chi connectivity index (χ2n) is 11.2. The van der Waals surface area contributed by atoms with Gasteiger partial charge < -0.3 is 10.2 Å². The molecule has 0 saturated carbocycles. The SMILES string of the molecule is Cc1ccc(S(=O)(=O)N(CC(=O)N(Cc2ccc(Cl)c(Cl)c2)C(C)C(=O)NC(C)(C)C)c2cccc(C)c2C)cc1. The molecule has 41 heavy (non-hydrogen) atoms. The van der Waals surface area contributed by atoms with Gasteiger partial charge in [0.05, 0.1) is 20.6 Å². The molecule has 0 saturated heterocycles. The van der Waals surface area contributed by atoms with Gasteiger partial charge in [0.15, 0.2) is 0 Å². The van der Waals surface area contributed by atoms with Crippen LogP contribution in [0.1, 0.15) is 49.9 Å². The van der Waals surface area contributed by atoms with Crippen molar-refractivity contribution in [1.29, 1.82) is 0 Å². The number of hydrogen-bond acceptors (Lipinski definition) is 4. The Morgan fingerprint density at radius 2 is 1.56 bits per heavy atom. The van der Waals surface area contributed by atoms with Gasteiger partial charge in [0.25, 0.3) is 10.0 Å². The van der Waals surface area contributed by atoms with Crippen molar-refractivity contribution in [3.63, 3.8) is 0 Å². The van der Waals surface area contributed by atoms with E-state index in [0.29, 0.717) is 21.3 Å². The minimum absolute atomic E-state index is 0.0136. The lowest BCUT2D eigenvalue weighted by Gasteiger charge is -2.34. The van der Waals surface area contributed by atoms with Crippen molar-refractivity contribution in [2.24, 2.45) is 0 Å². The molecule has 0 aromatic heterocycles. The molecule has 10 heteroatoms. The fourth-order valence-corrected chi connectivity index (χ4v) is 6.04. The van der Waals surface area contributed by atoms with Gasteiger partial charge in [-0.2, -0.15) is 0 Å². The van der Waals surface area contributed by atoms with Crippen LogP contribution in [0.25, 0.3) is 0 Å². The summed E-state index contributed by atoms with van der Waals surface area (Å²) in [5, 5.41) is 3.58. The molecule has 0 spiro atoms. The Hall–Kier alpha value is -3.07. The normalized spacial score (nSPS) is 12.5. The Labute approximate surface area is 253 Å². The molecule has 3 aromatic carbocycles. The first-order chi connectivity index (χ1) is 19.0. The molecular weight excluding hydrogens is 581 g/mol. The largest absolute Gasteiger partial charge is 0.350 e. The second kappa shape index (κ2) is 12.8. The summed E-state index contributed by atoms with van der Waals surface area (Å²) in [5.41, 5.74) is 3.01. The summed E-state index contributed by atoms with van der Waals surface area (Å²) in [4.78, 5) is 28.8. The molecule has 1 atom stereocenters. The molecule has 3 aromatic rings. The molecule has 0 aliphatic carbocycles. The maximum absolute atomic E-state index is 14.1. The van der Waals surface area contributed by atoms with Crippen LogP contribution in [0.5, 0.6) is 0 Å². The lowest BCUT2D eigenvalue weighted by Crippen LogP contribution is -2.54. The van der Waals surface area contributed by atoms with Crippen LogP contribution >= 0.6 is 23.2 Å². The summed E-state index contributed by atoms with van der Waals surface area (Å²) >= 11 is 12.3. The highest BCUT2D eigenvalue weighted by Crippen LogP contribution is 2.30. The smallest absolute Gasteiger partial charge is 0.264 e. The number of carbonyl (C=O) groups is 2. The Kier molecular flexibility index (Phi) is 10.2. The first-order valence-corrected chi connectivity index (χ1v) is 15.4. The van der Waals surface area contributed by atoms with E-state index in [1.54, 1.807) is 49.4 Å². The van der Waals surface area contributed by atoms with E-state index >= 15 is 0 Å². The van der Waals surface area contributed by atoms with Crippen LogP contribution in [0.2, 0.25) is 10.0 Å². The van der Waals surface area contributed by atoms with Crippen molar-refractivity contribution in [2.75, 3.05) is 10.8 Å². The van der Waals surface area contributed by atoms with Crippen molar-refractivity contribution in [2.45, 2.75) is 71.5 Å². The summed E-state index contributed by atoms with van der Waals surface area (Å²) in [6, 6.07) is 15.8. The number of rotatable bonds is 9. The number of benzene rings is 3. The molecule has 220 valence electrons. The van der Waals surface area contributed by atoms with E-state index < -0.39 is 34.1 Å². The lowest BCUT2D eigenvalue weighted by atomic mass is 10.1. The number of anilines is 1. The lowest BCUT2D eigenvalue weighted by molar-refractivity contribution is -0.140. The molecular formula is C31H37Cl2N3O4S. The van der Waals surface area contributed by atoms with Gasteiger partial charge >= 0.3 is 0 Å². The molecule has 0 heterocycles.